The van der Waals surface area contributed by atoms with Gasteiger partial charge in [0.05, 0.1) is 113 Å². The smallest absolute Gasteiger partial charge is 0.304 e. The van der Waals surface area contributed by atoms with Crippen LogP contribution in [0.3, 0.4) is 0 Å². The van der Waals surface area contributed by atoms with Gasteiger partial charge in [0.15, 0.2) is 5.78 Å². The van der Waals surface area contributed by atoms with Crippen LogP contribution in [0.4, 0.5) is 65.1 Å². The Bertz CT molecular complexity index is 6820. The summed E-state index contributed by atoms with van der Waals surface area (Å²) in [7, 11) is 0. The van der Waals surface area contributed by atoms with E-state index in [2.05, 4.69) is 15.6 Å². The van der Waals surface area contributed by atoms with Crippen LogP contribution in [0.2, 0.25) is 20.1 Å². The number of carbonyl (C=O) groups is 1. The first kappa shape index (κ1) is 92.9. The maximum atomic E-state index is 14.0. The number of nitrogens with two attached hydrogens (primary N) is 2. The summed E-state index contributed by atoms with van der Waals surface area (Å²) in [4.78, 5) is 36.5. The number of Topliss-reactive ketones (excluding diaryl/α,β-unsaturated/α-hetero) is 1. The molecule has 0 aliphatic carbocycles. The number of aliphatic hydroxyl groups excluding tert-OH is 1. The van der Waals surface area contributed by atoms with Gasteiger partial charge < -0.3 is 50.0 Å². The Balaban J connectivity index is 0.000000151. The zero-order valence-corrected chi connectivity index (χ0v) is 71.3. The van der Waals surface area contributed by atoms with Crippen LogP contribution in [0.25, 0.3) is 33.1 Å². The second-order valence-corrected chi connectivity index (χ2v) is 30.7. The minimum Gasteiger partial charge on any atom is -0.397 e. The van der Waals surface area contributed by atoms with Crippen LogP contribution in [0, 0.1) is 106 Å². The van der Waals surface area contributed by atoms with Crippen molar-refractivity contribution < 1.29 is 50.5 Å². The quantitative estimate of drug-likeness (QED) is 0.0124. The molecule has 9 N–H and O–H groups in total. The summed E-state index contributed by atoms with van der Waals surface area (Å²) in [5.74, 6) is -3.63. The third-order valence-corrected chi connectivity index (χ3v) is 22.0. The summed E-state index contributed by atoms with van der Waals surface area (Å²) in [6.45, 7) is 12.6. The Morgan fingerprint density at radius 3 is 1.29 bits per heavy atom. The fraction of sp³-hybridized carbons (Fsp3) is 0.137. The molecule has 0 amide bonds. The molecule has 16 rings (SSSR count). The highest BCUT2D eigenvalue weighted by molar-refractivity contribution is 6.42. The normalized spacial score (nSPS) is 11.1. The van der Waals surface area contributed by atoms with Crippen molar-refractivity contribution in [1.82, 2.24) is 27.8 Å². The van der Waals surface area contributed by atoms with Gasteiger partial charge in [-0.15, -0.1) is 0 Å². The number of rotatable bonds is 20. The number of nitro benzene ring substituents is 2. The lowest BCUT2D eigenvalue weighted by Gasteiger charge is -2.13. The average Bonchev–Trinajstić information content (AvgIpc) is 1.62. The molecule has 3 heterocycles. The number of nitro groups is 2. The minimum atomic E-state index is -1.16. The van der Waals surface area contributed by atoms with Crippen molar-refractivity contribution in [3.63, 3.8) is 0 Å². The molecule has 0 radical (unpaired) electrons. The van der Waals surface area contributed by atoms with Crippen LogP contribution >= 0.6 is 46.4 Å². The van der Waals surface area contributed by atoms with Crippen LogP contribution in [0.15, 0.2) is 267 Å². The molecular formula is C95H83Cl4F7N14O6. The van der Waals surface area contributed by atoms with Gasteiger partial charge in [0, 0.05) is 42.9 Å². The lowest BCUT2D eigenvalue weighted by molar-refractivity contribution is -0.387. The molecule has 0 aliphatic heterocycles. The standard InChI is InChI=1S/C23H20Cl2FN3O.C23H18Cl2FN3O.C15H14FN3.C14H13FN2O2.C14H15FN2.C6H3F2NO2/c2*1-14-4-2-3-5-16(14)12-28-21-11-17(26)7-9-20(21)29(23(28)27)13-22(30)15-6-8-18(24)19(25)10-15;1-10-4-2-3-5-11(10)9-19-14-8-12(16)6-7-13(14)18-15(19)17;1-10-4-2-3-5-11(10)9-16-13-8-12(15)6-7-14(13)17(18)19;1-10-4-2-3-5-11(10)9-17-14-8-12(15)6-7-13(14)16;7-4-1-2-6(9(10)11)5(8)3-4/h2-11,22,27,30H,12-13H2,1H3;2-11,27H,12-13H2,1H3;2-8H,9H2,1H3,(H2,17,18);2-8,16H,9H2,1H3;2-8,17H,9,16H2,1H3;1-3H. The molecule has 3 aromatic heterocycles. The first-order valence-electron chi connectivity index (χ1n) is 38.9. The van der Waals surface area contributed by atoms with Gasteiger partial charge in [-0.3, -0.25) is 35.8 Å². The fourth-order valence-electron chi connectivity index (χ4n) is 13.5. The molecule has 126 heavy (non-hydrogen) atoms. The van der Waals surface area contributed by atoms with Crippen molar-refractivity contribution in [3.8, 4) is 0 Å². The van der Waals surface area contributed by atoms with Crippen molar-refractivity contribution >= 4 is 120 Å². The SMILES string of the molecule is Cc1ccccc1CNc1cc(F)ccc1N.Cc1ccccc1CNc1cc(F)ccc1[N+](=O)[O-].Cc1ccccc1Cn1c(=N)n(CC(=O)c2ccc(Cl)c(Cl)c2)c2ccc(F)cc21.Cc1ccccc1Cn1c(=N)n(CC(O)c2ccc(Cl)c(Cl)c2)c2ccc(F)cc21.Cc1ccccc1Cn1c(N)nc2ccc(F)cc21.O=[N+]([O-])c1ccc(F)cc1F. The fourth-order valence-corrected chi connectivity index (χ4v) is 14.1. The Kier molecular flexibility index (Phi) is 31.3. The third-order valence-electron chi connectivity index (χ3n) is 20.5. The summed E-state index contributed by atoms with van der Waals surface area (Å²) in [5.41, 5.74) is 28.5. The van der Waals surface area contributed by atoms with E-state index < -0.39 is 44.9 Å². The predicted octanol–water partition coefficient (Wildman–Crippen LogP) is 23.0. The molecular weight excluding hydrogens is 1710 g/mol. The van der Waals surface area contributed by atoms with E-state index in [1.807, 2.05) is 161 Å². The number of imidazole rings is 3. The number of halogens is 11. The van der Waals surface area contributed by atoms with Crippen LogP contribution < -0.4 is 33.3 Å². The number of fused-ring (bicyclic) bond motifs is 3. The van der Waals surface area contributed by atoms with Gasteiger partial charge in [-0.1, -0.05) is 174 Å². The van der Waals surface area contributed by atoms with Crippen molar-refractivity contribution in [1.29, 1.82) is 10.8 Å². The van der Waals surface area contributed by atoms with Gasteiger partial charge in [0.2, 0.25) is 23.0 Å². The van der Waals surface area contributed by atoms with Crippen LogP contribution in [-0.2, 0) is 45.8 Å². The van der Waals surface area contributed by atoms with Crippen molar-refractivity contribution in [2.45, 2.75) is 86.5 Å². The molecule has 1 unspecified atom stereocenters. The second kappa shape index (κ2) is 42.5. The molecule has 0 saturated carbocycles. The summed E-state index contributed by atoms with van der Waals surface area (Å²) < 4.78 is 101. The molecule has 0 bridgehead atoms. The van der Waals surface area contributed by atoms with Gasteiger partial charge >= 0.3 is 5.69 Å². The summed E-state index contributed by atoms with van der Waals surface area (Å²) in [6, 6.07) is 72.3. The van der Waals surface area contributed by atoms with E-state index in [0.717, 1.165) is 74.8 Å². The molecule has 1 atom stereocenters. The number of benzene rings is 13. The monoisotopic (exact) mass is 1790 g/mol. The molecule has 0 fully saturated rings. The van der Waals surface area contributed by atoms with Gasteiger partial charge in [0.1, 0.15) is 40.6 Å². The first-order valence-corrected chi connectivity index (χ1v) is 40.4. The number of hydrogen-bond donors (Lipinski definition) is 7. The minimum absolute atomic E-state index is 0.0697. The largest absolute Gasteiger partial charge is 0.397 e. The van der Waals surface area contributed by atoms with Crippen molar-refractivity contribution in [3.05, 3.63) is 426 Å². The van der Waals surface area contributed by atoms with E-state index in [0.29, 0.717) is 115 Å². The highest BCUT2D eigenvalue weighted by atomic mass is 35.5. The summed E-state index contributed by atoms with van der Waals surface area (Å²) in [6.07, 6.45) is -0.906. The Labute approximate surface area is 738 Å². The number of aryl methyl sites for hydroxylation is 5. The number of aromatic nitrogens is 6. The zero-order valence-electron chi connectivity index (χ0n) is 68.3. The van der Waals surface area contributed by atoms with E-state index in [4.69, 9.17) is 68.7 Å². The molecule has 0 spiro atoms. The van der Waals surface area contributed by atoms with E-state index in [1.54, 1.807) is 72.9 Å². The Hall–Kier alpha value is -13.8. The molecule has 20 nitrogen and oxygen atoms in total. The number of carbonyl (C=O) groups excluding carboxylic acids is 1. The number of hydrogen-bond acceptors (Lipinski definition) is 13. The molecule has 31 heteroatoms. The summed E-state index contributed by atoms with van der Waals surface area (Å²) >= 11 is 24.0. The molecule has 16 aromatic rings. The van der Waals surface area contributed by atoms with Gasteiger partial charge in [-0.25, -0.2) is 31.3 Å². The molecule has 0 saturated heterocycles. The lowest BCUT2D eigenvalue weighted by atomic mass is 10.1. The van der Waals surface area contributed by atoms with Crippen molar-refractivity contribution in [2.24, 2.45) is 0 Å². The van der Waals surface area contributed by atoms with Gasteiger partial charge in [-0.2, -0.15) is 4.39 Å². The zero-order chi connectivity index (χ0) is 90.7. The van der Waals surface area contributed by atoms with E-state index in [-0.39, 0.29) is 58.9 Å². The third kappa shape index (κ3) is 23.7. The topological polar surface area (TPSA) is 285 Å². The van der Waals surface area contributed by atoms with Crippen LogP contribution in [0.5, 0.6) is 0 Å². The van der Waals surface area contributed by atoms with E-state index in [9.17, 15) is 60.9 Å². The number of anilines is 4. The summed E-state index contributed by atoms with van der Waals surface area (Å²) in [5, 5.41) is 56.5. The lowest BCUT2D eigenvalue weighted by Crippen LogP contribution is -2.27. The molecule has 13 aromatic carbocycles. The number of aliphatic hydroxyl groups is 1. The number of nitrogen functional groups attached to an aromatic ring is 2. The van der Waals surface area contributed by atoms with Crippen molar-refractivity contribution in [2.75, 3.05) is 22.1 Å². The van der Waals surface area contributed by atoms with Crippen LogP contribution in [0.1, 0.15) is 77.7 Å². The average molecular weight is 1790 g/mol. The maximum Gasteiger partial charge on any atom is 0.304 e. The van der Waals surface area contributed by atoms with Gasteiger partial charge in [0.25, 0.3) is 5.69 Å². The Morgan fingerprint density at radius 2 is 0.810 bits per heavy atom. The van der Waals surface area contributed by atoms with Crippen LogP contribution in [-0.4, -0.2) is 48.6 Å². The molecule has 0 aliphatic rings. The Morgan fingerprint density at radius 1 is 0.421 bits per heavy atom. The highest BCUT2D eigenvalue weighted by Crippen LogP contribution is 2.32. The first-order chi connectivity index (χ1) is 60.2. The number of nitrogens with zero attached hydrogens (tertiary/aromatic N) is 8. The number of nitrogens with one attached hydrogen (secondary N) is 4. The predicted molar refractivity (Wildman–Crippen MR) is 483 cm³/mol. The van der Waals surface area contributed by atoms with Gasteiger partial charge in [-0.05, 0) is 211 Å². The van der Waals surface area contributed by atoms with E-state index in [1.165, 1.54) is 71.3 Å². The highest BCUT2D eigenvalue weighted by Gasteiger charge is 2.22. The van der Waals surface area contributed by atoms with E-state index >= 15 is 0 Å². The molecule has 646 valence electrons. The second-order valence-electron chi connectivity index (χ2n) is 29.1. The number of ketones is 1. The maximum absolute atomic E-state index is 14.0.